The molecular formula is C22H34N4O2S. The number of rotatable bonds is 9. The van der Waals surface area contributed by atoms with Crippen LogP contribution in [0.4, 0.5) is 4.79 Å². The maximum Gasteiger partial charge on any atom is 0.315 e. The number of urea groups is 1. The van der Waals surface area contributed by atoms with Gasteiger partial charge in [0.25, 0.3) is 0 Å². The van der Waals surface area contributed by atoms with Gasteiger partial charge in [-0.25, -0.2) is 9.78 Å². The van der Waals surface area contributed by atoms with Gasteiger partial charge in [-0.3, -0.25) is 4.79 Å². The van der Waals surface area contributed by atoms with Gasteiger partial charge in [-0.05, 0) is 82.5 Å². The first-order chi connectivity index (χ1) is 14.0. The van der Waals surface area contributed by atoms with Crippen LogP contribution in [0.3, 0.4) is 0 Å². The second kappa shape index (κ2) is 9.02. The van der Waals surface area contributed by atoms with E-state index < -0.39 is 0 Å². The van der Waals surface area contributed by atoms with Crippen LogP contribution in [0.1, 0.15) is 68.5 Å². The lowest BCUT2D eigenvalue weighted by molar-refractivity contribution is -0.120. The van der Waals surface area contributed by atoms with Crippen molar-refractivity contribution in [3.63, 3.8) is 0 Å². The summed E-state index contributed by atoms with van der Waals surface area (Å²) in [6.07, 6.45) is 10.8. The van der Waals surface area contributed by atoms with Crippen molar-refractivity contribution in [3.8, 4) is 0 Å². The highest BCUT2D eigenvalue weighted by molar-refractivity contribution is 7.09. The molecule has 29 heavy (non-hydrogen) atoms. The fourth-order valence-corrected chi connectivity index (χ4v) is 6.89. The van der Waals surface area contributed by atoms with Gasteiger partial charge in [-0.2, -0.15) is 0 Å². The largest absolute Gasteiger partial charge is 0.356 e. The average Bonchev–Trinajstić information content (AvgIpc) is 3.05. The second-order valence-corrected chi connectivity index (χ2v) is 10.5. The van der Waals surface area contributed by atoms with Crippen LogP contribution in [-0.2, 0) is 11.2 Å². The third-order valence-electron chi connectivity index (χ3n) is 6.86. The minimum Gasteiger partial charge on any atom is -0.356 e. The topological polar surface area (TPSA) is 83.1 Å². The van der Waals surface area contributed by atoms with E-state index in [9.17, 15) is 9.59 Å². The number of aromatic nitrogens is 1. The Balaban J connectivity index is 1.07. The molecule has 3 amide bonds. The fourth-order valence-electron chi connectivity index (χ4n) is 6.07. The molecule has 0 radical (unpaired) electrons. The molecular weight excluding hydrogens is 384 g/mol. The Hall–Kier alpha value is -1.63. The van der Waals surface area contributed by atoms with Crippen molar-refractivity contribution < 1.29 is 9.59 Å². The van der Waals surface area contributed by atoms with E-state index in [1.54, 1.807) is 11.3 Å². The Kier molecular flexibility index (Phi) is 6.42. The zero-order valence-electron chi connectivity index (χ0n) is 17.5. The third-order valence-corrected chi connectivity index (χ3v) is 7.89. The van der Waals surface area contributed by atoms with Crippen molar-refractivity contribution in [3.05, 3.63) is 16.1 Å². The van der Waals surface area contributed by atoms with Gasteiger partial charge in [0, 0.05) is 36.1 Å². The van der Waals surface area contributed by atoms with Gasteiger partial charge < -0.3 is 16.0 Å². The van der Waals surface area contributed by atoms with Crippen LogP contribution in [0, 0.1) is 24.7 Å². The van der Waals surface area contributed by atoms with Crippen molar-refractivity contribution in [1.82, 2.24) is 20.9 Å². The lowest BCUT2D eigenvalue weighted by Gasteiger charge is -2.56. The van der Waals surface area contributed by atoms with Crippen molar-refractivity contribution in [2.45, 2.75) is 76.7 Å². The summed E-state index contributed by atoms with van der Waals surface area (Å²) in [6.45, 7) is 3.09. The first kappa shape index (κ1) is 20.6. The Morgan fingerprint density at radius 3 is 2.38 bits per heavy atom. The maximum absolute atomic E-state index is 12.4. The molecule has 0 atom stereocenters. The molecule has 1 aromatic heterocycles. The van der Waals surface area contributed by atoms with Gasteiger partial charge in [0.05, 0.1) is 5.01 Å². The number of carbonyl (C=O) groups is 2. The summed E-state index contributed by atoms with van der Waals surface area (Å²) in [6, 6.07) is -0.0986. The van der Waals surface area contributed by atoms with E-state index in [0.717, 1.165) is 62.0 Å². The van der Waals surface area contributed by atoms with Gasteiger partial charge in [0.2, 0.25) is 5.91 Å². The van der Waals surface area contributed by atoms with E-state index in [4.69, 9.17) is 0 Å². The molecule has 4 saturated carbocycles. The lowest BCUT2D eigenvalue weighted by Crippen LogP contribution is -2.61. The van der Waals surface area contributed by atoms with Crippen molar-refractivity contribution >= 4 is 23.3 Å². The molecule has 4 aliphatic carbocycles. The molecule has 5 rings (SSSR count). The monoisotopic (exact) mass is 418 g/mol. The number of amides is 3. The Bertz CT molecular complexity index is 697. The highest BCUT2D eigenvalue weighted by Crippen LogP contribution is 2.55. The van der Waals surface area contributed by atoms with Crippen LogP contribution < -0.4 is 16.0 Å². The van der Waals surface area contributed by atoms with Crippen LogP contribution >= 0.6 is 11.3 Å². The zero-order chi connectivity index (χ0) is 20.3. The molecule has 3 N–H and O–H groups in total. The molecule has 7 heteroatoms. The standard InChI is InChI=1S/C22H34N4O2S/c1-15-14-29-20(25-15)4-2-3-6-23-19(27)5-7-24-21(28)26-22-11-16-8-17(12-22)10-18(9-16)13-22/h14,16-18H,2-13H2,1H3,(H,23,27)(H2,24,26,28). The molecule has 4 bridgehead atoms. The minimum atomic E-state index is -0.0986. The molecule has 4 aliphatic rings. The smallest absolute Gasteiger partial charge is 0.315 e. The van der Waals surface area contributed by atoms with E-state index in [1.165, 1.54) is 24.3 Å². The van der Waals surface area contributed by atoms with E-state index in [2.05, 4.69) is 26.3 Å². The molecule has 1 aromatic rings. The van der Waals surface area contributed by atoms with Crippen LogP contribution in [-0.4, -0.2) is 35.6 Å². The number of carbonyl (C=O) groups excluding carboxylic acids is 2. The normalized spacial score (nSPS) is 29.6. The summed E-state index contributed by atoms with van der Waals surface area (Å²) in [4.78, 5) is 28.8. The highest BCUT2D eigenvalue weighted by Gasteiger charge is 2.51. The Morgan fingerprint density at radius 2 is 1.76 bits per heavy atom. The van der Waals surface area contributed by atoms with E-state index in [-0.39, 0.29) is 17.5 Å². The highest BCUT2D eigenvalue weighted by atomic mass is 32.1. The van der Waals surface area contributed by atoms with Gasteiger partial charge in [-0.15, -0.1) is 11.3 Å². The molecule has 0 spiro atoms. The van der Waals surface area contributed by atoms with Crippen LogP contribution in [0.25, 0.3) is 0 Å². The molecule has 0 aromatic carbocycles. The number of hydrogen-bond acceptors (Lipinski definition) is 4. The Morgan fingerprint density at radius 1 is 1.07 bits per heavy atom. The van der Waals surface area contributed by atoms with E-state index in [0.29, 0.717) is 19.5 Å². The summed E-state index contributed by atoms with van der Waals surface area (Å²) in [7, 11) is 0. The van der Waals surface area contributed by atoms with Gasteiger partial charge in [-0.1, -0.05) is 0 Å². The van der Waals surface area contributed by atoms with Crippen LogP contribution in [0.5, 0.6) is 0 Å². The number of nitrogens with zero attached hydrogens (tertiary/aromatic N) is 1. The number of hydrogen-bond donors (Lipinski definition) is 3. The SMILES string of the molecule is Cc1csc(CCCCNC(=O)CCNC(=O)NC23CC4CC(CC(C4)C2)C3)n1. The molecule has 160 valence electrons. The quantitative estimate of drug-likeness (QED) is 0.536. The fraction of sp³-hybridized carbons (Fsp3) is 0.773. The van der Waals surface area contributed by atoms with Crippen molar-refractivity contribution in [1.29, 1.82) is 0 Å². The molecule has 6 nitrogen and oxygen atoms in total. The maximum atomic E-state index is 12.4. The summed E-state index contributed by atoms with van der Waals surface area (Å²) in [5.41, 5.74) is 1.11. The molecule has 1 heterocycles. The molecule has 4 fully saturated rings. The molecule has 0 aliphatic heterocycles. The summed E-state index contributed by atoms with van der Waals surface area (Å²) < 4.78 is 0. The van der Waals surface area contributed by atoms with E-state index in [1.807, 2.05) is 6.92 Å². The minimum absolute atomic E-state index is 0.00481. The van der Waals surface area contributed by atoms with Crippen LogP contribution in [0.2, 0.25) is 0 Å². The van der Waals surface area contributed by atoms with Gasteiger partial charge >= 0.3 is 6.03 Å². The summed E-state index contributed by atoms with van der Waals surface area (Å²) in [5, 5.41) is 12.4. The van der Waals surface area contributed by atoms with Gasteiger partial charge in [0.15, 0.2) is 0 Å². The number of thiazole rings is 1. The van der Waals surface area contributed by atoms with Crippen molar-refractivity contribution in [2.75, 3.05) is 13.1 Å². The number of nitrogens with one attached hydrogen (secondary N) is 3. The Labute approximate surface area is 177 Å². The van der Waals surface area contributed by atoms with Gasteiger partial charge in [0.1, 0.15) is 0 Å². The predicted octanol–water partition coefficient (Wildman–Crippen LogP) is 3.55. The average molecular weight is 419 g/mol. The predicted molar refractivity (Wildman–Crippen MR) is 115 cm³/mol. The third kappa shape index (κ3) is 5.50. The first-order valence-corrected chi connectivity index (χ1v) is 12.1. The van der Waals surface area contributed by atoms with E-state index >= 15 is 0 Å². The van der Waals surface area contributed by atoms with Crippen LogP contribution in [0.15, 0.2) is 5.38 Å². The van der Waals surface area contributed by atoms with Crippen molar-refractivity contribution in [2.24, 2.45) is 17.8 Å². The first-order valence-electron chi connectivity index (χ1n) is 11.2. The molecule has 0 saturated heterocycles. The second-order valence-electron chi connectivity index (χ2n) is 9.52. The summed E-state index contributed by atoms with van der Waals surface area (Å²) in [5.74, 6) is 2.44. The lowest BCUT2D eigenvalue weighted by atomic mass is 9.53. The zero-order valence-corrected chi connectivity index (χ0v) is 18.3. The molecule has 0 unspecified atom stereocenters. The summed E-state index contributed by atoms with van der Waals surface area (Å²) >= 11 is 1.70. The number of unbranched alkanes of at least 4 members (excludes halogenated alkanes) is 1. The number of aryl methyl sites for hydroxylation is 2.